The fraction of sp³-hybridized carbons (Fsp3) is 0.300. The Morgan fingerprint density at radius 3 is 2.94 bits per heavy atom. The first kappa shape index (κ1) is 12.9. The van der Waals surface area contributed by atoms with Crippen LogP contribution in [-0.4, -0.2) is 21.8 Å². The number of carbonyl (C=O) groups is 1. The third-order valence-electron chi connectivity index (χ3n) is 2.00. The Labute approximate surface area is 112 Å². The van der Waals surface area contributed by atoms with Gasteiger partial charge in [-0.05, 0) is 13.8 Å². The van der Waals surface area contributed by atoms with Gasteiger partial charge in [0.1, 0.15) is 5.76 Å². The summed E-state index contributed by atoms with van der Waals surface area (Å²) in [6, 6.07) is 1.67. The first-order valence-electron chi connectivity index (χ1n) is 5.13. The van der Waals surface area contributed by atoms with Crippen molar-refractivity contribution in [3.05, 3.63) is 17.5 Å². The predicted molar refractivity (Wildman–Crippen MR) is 71.9 cm³/mol. The molecule has 18 heavy (non-hydrogen) atoms. The molecule has 2 heterocycles. The van der Waals surface area contributed by atoms with Gasteiger partial charge >= 0.3 is 0 Å². The van der Waals surface area contributed by atoms with E-state index in [1.807, 2.05) is 6.92 Å². The third-order valence-corrected chi connectivity index (χ3v) is 4.35. The zero-order valence-corrected chi connectivity index (χ0v) is 11.5. The fourth-order valence-electron chi connectivity index (χ4n) is 1.27. The van der Waals surface area contributed by atoms with Crippen LogP contribution in [0.15, 0.2) is 14.8 Å². The molecule has 0 aromatic carbocycles. The molecule has 2 aromatic rings. The number of aromatic nitrogens is 2. The van der Waals surface area contributed by atoms with E-state index in [9.17, 15) is 4.79 Å². The first-order chi connectivity index (χ1) is 8.54. The molecule has 0 bridgehead atoms. The second-order valence-corrected chi connectivity index (χ2v) is 5.86. The number of anilines is 2. The van der Waals surface area contributed by atoms with Gasteiger partial charge < -0.3 is 15.6 Å². The molecule has 2 rings (SSSR count). The van der Waals surface area contributed by atoms with Gasteiger partial charge in [-0.1, -0.05) is 16.5 Å². The van der Waals surface area contributed by atoms with Crippen LogP contribution in [0.1, 0.15) is 11.5 Å². The van der Waals surface area contributed by atoms with Gasteiger partial charge in [-0.15, -0.1) is 11.8 Å². The van der Waals surface area contributed by atoms with Crippen LogP contribution >= 0.6 is 23.1 Å². The number of nitrogen functional groups attached to an aromatic ring is 1. The van der Waals surface area contributed by atoms with Crippen LogP contribution in [0, 0.1) is 13.8 Å². The summed E-state index contributed by atoms with van der Waals surface area (Å²) in [4.78, 5) is 15.7. The molecule has 0 spiro atoms. The maximum Gasteiger partial charge on any atom is 0.236 e. The highest BCUT2D eigenvalue weighted by Crippen LogP contribution is 2.30. The van der Waals surface area contributed by atoms with Crippen molar-refractivity contribution in [2.45, 2.75) is 18.1 Å². The molecule has 3 N–H and O–H groups in total. The summed E-state index contributed by atoms with van der Waals surface area (Å²) >= 11 is 2.79. The van der Waals surface area contributed by atoms with Gasteiger partial charge in [0.2, 0.25) is 5.91 Å². The molecule has 8 heteroatoms. The van der Waals surface area contributed by atoms with Gasteiger partial charge in [0.25, 0.3) is 0 Å². The largest absolute Gasteiger partial charge is 0.375 e. The molecule has 0 fully saturated rings. The Morgan fingerprint density at radius 2 is 2.39 bits per heavy atom. The molecule has 0 aliphatic carbocycles. The van der Waals surface area contributed by atoms with E-state index in [1.54, 1.807) is 13.0 Å². The van der Waals surface area contributed by atoms with Gasteiger partial charge in [0.05, 0.1) is 15.7 Å². The minimum Gasteiger partial charge on any atom is -0.375 e. The summed E-state index contributed by atoms with van der Waals surface area (Å²) in [5.41, 5.74) is 6.44. The number of aryl methyl sites for hydroxylation is 2. The van der Waals surface area contributed by atoms with E-state index < -0.39 is 0 Å². The monoisotopic (exact) mass is 284 g/mol. The summed E-state index contributed by atoms with van der Waals surface area (Å²) in [6.07, 6.45) is 0. The quantitative estimate of drug-likeness (QED) is 0.835. The smallest absolute Gasteiger partial charge is 0.236 e. The second kappa shape index (κ2) is 5.40. The topological polar surface area (TPSA) is 94.0 Å². The molecule has 96 valence electrons. The zero-order valence-electron chi connectivity index (χ0n) is 9.89. The molecule has 2 aromatic heterocycles. The van der Waals surface area contributed by atoms with Gasteiger partial charge in [-0.2, -0.15) is 0 Å². The average molecular weight is 284 g/mol. The second-order valence-electron chi connectivity index (χ2n) is 3.58. The predicted octanol–water partition coefficient (Wildman–Crippen LogP) is 2.06. The molecule has 0 unspecified atom stereocenters. The Bertz CT molecular complexity index is 564. The van der Waals surface area contributed by atoms with Crippen molar-refractivity contribution in [3.63, 3.8) is 0 Å². The van der Waals surface area contributed by atoms with Crippen LogP contribution in [0.4, 0.5) is 10.9 Å². The molecule has 0 saturated carbocycles. The fourth-order valence-corrected chi connectivity index (χ4v) is 3.10. The van der Waals surface area contributed by atoms with Crippen LogP contribution in [0.3, 0.4) is 0 Å². The SMILES string of the molecule is Cc1cc(NC(=O)CSc2sc(N)nc2C)no1. The molecule has 6 nitrogen and oxygen atoms in total. The van der Waals surface area contributed by atoms with E-state index in [0.29, 0.717) is 16.7 Å². The minimum absolute atomic E-state index is 0.139. The van der Waals surface area contributed by atoms with Crippen LogP contribution in [-0.2, 0) is 4.79 Å². The van der Waals surface area contributed by atoms with Crippen LogP contribution < -0.4 is 11.1 Å². The van der Waals surface area contributed by atoms with Crippen LogP contribution in [0.25, 0.3) is 0 Å². The van der Waals surface area contributed by atoms with Crippen molar-refractivity contribution in [1.82, 2.24) is 10.1 Å². The lowest BCUT2D eigenvalue weighted by molar-refractivity contribution is -0.113. The first-order valence-corrected chi connectivity index (χ1v) is 6.93. The molecule has 0 aliphatic rings. The number of hydrogen-bond donors (Lipinski definition) is 2. The van der Waals surface area contributed by atoms with Gasteiger partial charge in [-0.25, -0.2) is 4.98 Å². The number of nitrogens with one attached hydrogen (secondary N) is 1. The van der Waals surface area contributed by atoms with E-state index in [-0.39, 0.29) is 11.7 Å². The maximum absolute atomic E-state index is 11.7. The van der Waals surface area contributed by atoms with E-state index in [4.69, 9.17) is 10.3 Å². The molecule has 0 radical (unpaired) electrons. The van der Waals surface area contributed by atoms with Crippen molar-refractivity contribution in [1.29, 1.82) is 0 Å². The van der Waals surface area contributed by atoms with Crippen molar-refractivity contribution in [2.24, 2.45) is 0 Å². The zero-order chi connectivity index (χ0) is 13.1. The lowest BCUT2D eigenvalue weighted by Gasteiger charge is -1.99. The molecule has 0 atom stereocenters. The number of nitrogens with two attached hydrogens (primary N) is 1. The summed E-state index contributed by atoms with van der Waals surface area (Å²) in [7, 11) is 0. The highest BCUT2D eigenvalue weighted by Gasteiger charge is 2.10. The van der Waals surface area contributed by atoms with Crippen molar-refractivity contribution < 1.29 is 9.32 Å². The Balaban J connectivity index is 1.87. The molecular formula is C10H12N4O2S2. The summed E-state index contributed by atoms with van der Waals surface area (Å²) in [5, 5.41) is 6.85. The number of amides is 1. The average Bonchev–Trinajstić information content (AvgIpc) is 2.82. The molecule has 0 saturated heterocycles. The maximum atomic E-state index is 11.7. The Kier molecular flexibility index (Phi) is 3.87. The lowest BCUT2D eigenvalue weighted by atomic mass is 10.5. The molecule has 1 amide bonds. The van der Waals surface area contributed by atoms with Gasteiger partial charge in [0.15, 0.2) is 10.9 Å². The van der Waals surface area contributed by atoms with Gasteiger partial charge in [-0.3, -0.25) is 4.79 Å². The van der Waals surface area contributed by atoms with Crippen LogP contribution in [0.5, 0.6) is 0 Å². The number of nitrogens with zero attached hydrogens (tertiary/aromatic N) is 2. The number of thioether (sulfide) groups is 1. The standard InChI is InChI=1S/C10H12N4O2S2/c1-5-3-7(14-16-5)13-8(15)4-17-9-6(2)12-10(11)18-9/h3H,4H2,1-2H3,(H2,11,12)(H,13,14,15). The van der Waals surface area contributed by atoms with E-state index in [0.717, 1.165) is 9.90 Å². The van der Waals surface area contributed by atoms with E-state index in [2.05, 4.69) is 15.5 Å². The van der Waals surface area contributed by atoms with Crippen LogP contribution in [0.2, 0.25) is 0 Å². The minimum atomic E-state index is -0.139. The van der Waals surface area contributed by atoms with Crippen molar-refractivity contribution in [3.8, 4) is 0 Å². The van der Waals surface area contributed by atoms with E-state index in [1.165, 1.54) is 23.1 Å². The van der Waals surface area contributed by atoms with Crippen molar-refractivity contribution >= 4 is 40.0 Å². The summed E-state index contributed by atoms with van der Waals surface area (Å²) in [5.74, 6) is 1.23. The third kappa shape index (κ3) is 3.23. The molecule has 0 aliphatic heterocycles. The highest BCUT2D eigenvalue weighted by molar-refractivity contribution is 8.01. The van der Waals surface area contributed by atoms with E-state index >= 15 is 0 Å². The normalized spacial score (nSPS) is 10.6. The number of thiazole rings is 1. The Morgan fingerprint density at radius 1 is 1.61 bits per heavy atom. The number of carbonyl (C=O) groups excluding carboxylic acids is 1. The molecular weight excluding hydrogens is 272 g/mol. The highest BCUT2D eigenvalue weighted by atomic mass is 32.2. The number of rotatable bonds is 4. The van der Waals surface area contributed by atoms with Gasteiger partial charge in [0, 0.05) is 6.07 Å². The lowest BCUT2D eigenvalue weighted by Crippen LogP contribution is -2.14. The Hall–Kier alpha value is -1.54. The van der Waals surface area contributed by atoms with Crippen molar-refractivity contribution in [2.75, 3.05) is 16.8 Å². The summed E-state index contributed by atoms with van der Waals surface area (Å²) < 4.78 is 5.81. The number of hydrogen-bond acceptors (Lipinski definition) is 7. The summed E-state index contributed by atoms with van der Waals surface area (Å²) in [6.45, 7) is 3.63.